The van der Waals surface area contributed by atoms with Crippen LogP contribution >= 0.6 is 34.4 Å². The Hall–Kier alpha value is -2.85. The van der Waals surface area contributed by atoms with Crippen molar-refractivity contribution in [3.8, 4) is 11.5 Å². The van der Waals surface area contributed by atoms with Crippen LogP contribution < -0.4 is 9.47 Å². The number of amides is 2. The molecular weight excluding hydrogens is 580 g/mol. The molecule has 35 heavy (non-hydrogen) atoms. The van der Waals surface area contributed by atoms with Gasteiger partial charge >= 0.3 is 0 Å². The molecule has 4 rings (SSSR count). The van der Waals surface area contributed by atoms with E-state index in [1.165, 1.54) is 17.0 Å². The minimum atomic E-state index is -0.315. The average molecular weight is 603 g/mol. The van der Waals surface area contributed by atoms with Gasteiger partial charge in [-0.2, -0.15) is 0 Å². The van der Waals surface area contributed by atoms with Gasteiger partial charge in [-0.1, -0.05) is 42.0 Å². The summed E-state index contributed by atoms with van der Waals surface area (Å²) in [6.07, 6.45) is 1.70. The van der Waals surface area contributed by atoms with E-state index in [0.717, 1.165) is 37.6 Å². The van der Waals surface area contributed by atoms with Crippen LogP contribution in [-0.2, 0) is 17.9 Å². The third kappa shape index (κ3) is 6.24. The Labute approximate surface area is 221 Å². The molecule has 2 amide bonds. The minimum Gasteiger partial charge on any atom is -0.490 e. The van der Waals surface area contributed by atoms with E-state index in [-0.39, 0.29) is 30.1 Å². The molecule has 3 aromatic carbocycles. The van der Waals surface area contributed by atoms with Gasteiger partial charge in [0.1, 0.15) is 12.4 Å². The molecule has 0 spiro atoms. The molecule has 180 valence electrons. The predicted molar refractivity (Wildman–Crippen MR) is 144 cm³/mol. The van der Waals surface area contributed by atoms with E-state index in [0.29, 0.717) is 23.0 Å². The maximum atomic E-state index is 13.2. The Bertz CT molecular complexity index is 1280. The van der Waals surface area contributed by atoms with E-state index in [1.807, 2.05) is 44.2 Å². The second-order valence-electron chi connectivity index (χ2n) is 7.93. The minimum absolute atomic E-state index is 0.236. The molecule has 0 N–H and O–H groups in total. The molecule has 0 radical (unpaired) electrons. The number of carbonyl (C=O) groups excluding carboxylic acids is 2. The summed E-state index contributed by atoms with van der Waals surface area (Å²) in [5.74, 6) is 0.490. The van der Waals surface area contributed by atoms with E-state index < -0.39 is 0 Å². The first-order valence-corrected chi connectivity index (χ1v) is 12.9. The van der Waals surface area contributed by atoms with Crippen molar-refractivity contribution >= 4 is 51.6 Å². The van der Waals surface area contributed by atoms with Crippen LogP contribution in [0.5, 0.6) is 11.5 Å². The number of hydrogen-bond acceptors (Lipinski definition) is 5. The van der Waals surface area contributed by atoms with Crippen LogP contribution in [0.1, 0.15) is 29.2 Å². The Morgan fingerprint density at radius 2 is 1.69 bits per heavy atom. The molecule has 0 aliphatic carbocycles. The summed E-state index contributed by atoms with van der Waals surface area (Å²) < 4.78 is 25.8. The Balaban J connectivity index is 1.54. The third-order valence-electron chi connectivity index (χ3n) is 5.26. The maximum absolute atomic E-state index is 13.2. The first-order chi connectivity index (χ1) is 16.8. The van der Waals surface area contributed by atoms with Crippen LogP contribution in [0.25, 0.3) is 6.08 Å². The van der Waals surface area contributed by atoms with Crippen LogP contribution in [0.3, 0.4) is 0 Å². The van der Waals surface area contributed by atoms with Gasteiger partial charge < -0.3 is 9.47 Å². The molecule has 1 aliphatic rings. The number of imide groups is 1. The SMILES string of the molecule is CCOc1cc(/C=C2\SC(=O)N(Cc3ccc(C)cc3)C2=O)cc(I)c1OCc1ccc(F)cc1. The lowest BCUT2D eigenvalue weighted by atomic mass is 10.1. The largest absolute Gasteiger partial charge is 0.490 e. The van der Waals surface area contributed by atoms with E-state index in [9.17, 15) is 14.0 Å². The highest BCUT2D eigenvalue weighted by atomic mass is 127. The van der Waals surface area contributed by atoms with Crippen molar-refractivity contribution in [2.24, 2.45) is 0 Å². The third-order valence-corrected chi connectivity index (χ3v) is 6.97. The fourth-order valence-electron chi connectivity index (χ4n) is 3.47. The van der Waals surface area contributed by atoms with Crippen molar-refractivity contribution in [2.45, 2.75) is 27.0 Å². The topological polar surface area (TPSA) is 55.8 Å². The Kier molecular flexibility index (Phi) is 8.12. The summed E-state index contributed by atoms with van der Waals surface area (Å²) in [5.41, 5.74) is 3.58. The number of aryl methyl sites for hydroxylation is 1. The molecule has 0 atom stereocenters. The van der Waals surface area contributed by atoms with E-state index >= 15 is 0 Å². The summed E-state index contributed by atoms with van der Waals surface area (Å²) in [7, 11) is 0. The molecule has 1 fully saturated rings. The second kappa shape index (κ2) is 11.3. The van der Waals surface area contributed by atoms with Gasteiger partial charge in [0.2, 0.25) is 0 Å². The lowest BCUT2D eigenvalue weighted by Crippen LogP contribution is -2.27. The quantitative estimate of drug-likeness (QED) is 0.206. The summed E-state index contributed by atoms with van der Waals surface area (Å²) in [5, 5.41) is -0.291. The first-order valence-electron chi connectivity index (χ1n) is 11.0. The molecule has 0 bridgehead atoms. The summed E-state index contributed by atoms with van der Waals surface area (Å²) in [4.78, 5) is 27.1. The standard InChI is InChI=1S/C27H23FINO4S/c1-3-33-23-13-20(12-22(29)25(23)34-16-19-8-10-21(28)11-9-19)14-24-26(31)30(27(32)35-24)15-18-6-4-17(2)5-7-18/h4-14H,3,15-16H2,1-2H3/b24-14-. The highest BCUT2D eigenvalue weighted by Crippen LogP contribution is 2.38. The van der Waals surface area contributed by atoms with Crippen molar-refractivity contribution in [3.05, 3.63) is 97.2 Å². The number of benzene rings is 3. The van der Waals surface area contributed by atoms with Gasteiger partial charge in [-0.05, 0) is 95.2 Å². The normalized spacial score (nSPS) is 14.6. The van der Waals surface area contributed by atoms with Crippen LogP contribution in [0.4, 0.5) is 9.18 Å². The summed E-state index contributed by atoms with van der Waals surface area (Å²) in [6, 6.07) is 17.5. The number of nitrogens with zero attached hydrogens (tertiary/aromatic N) is 1. The molecule has 1 saturated heterocycles. The molecular formula is C27H23FINO4S. The van der Waals surface area contributed by atoms with Crippen LogP contribution in [-0.4, -0.2) is 22.7 Å². The van der Waals surface area contributed by atoms with Crippen molar-refractivity contribution in [1.82, 2.24) is 4.90 Å². The molecule has 1 aliphatic heterocycles. The molecule has 0 unspecified atom stereocenters. The Morgan fingerprint density at radius 3 is 2.37 bits per heavy atom. The van der Waals surface area contributed by atoms with Gasteiger partial charge in [0.05, 0.1) is 21.6 Å². The summed E-state index contributed by atoms with van der Waals surface area (Å²) >= 11 is 3.08. The zero-order valence-corrected chi connectivity index (χ0v) is 22.2. The Morgan fingerprint density at radius 1 is 1.00 bits per heavy atom. The van der Waals surface area contributed by atoms with E-state index in [1.54, 1.807) is 24.3 Å². The molecule has 0 aromatic heterocycles. The van der Waals surface area contributed by atoms with Crippen molar-refractivity contribution < 1.29 is 23.5 Å². The number of rotatable bonds is 8. The number of thioether (sulfide) groups is 1. The highest BCUT2D eigenvalue weighted by Gasteiger charge is 2.35. The molecule has 1 heterocycles. The molecule has 3 aromatic rings. The average Bonchev–Trinajstić information content (AvgIpc) is 3.08. The number of carbonyl (C=O) groups is 2. The summed E-state index contributed by atoms with van der Waals surface area (Å²) in [6.45, 7) is 4.79. The smallest absolute Gasteiger partial charge is 0.293 e. The monoisotopic (exact) mass is 603 g/mol. The number of ether oxygens (including phenoxy) is 2. The molecule has 8 heteroatoms. The first kappa shape index (κ1) is 25.2. The van der Waals surface area contributed by atoms with Gasteiger partial charge in [0, 0.05) is 0 Å². The van der Waals surface area contributed by atoms with Gasteiger partial charge in [-0.25, -0.2) is 4.39 Å². The highest BCUT2D eigenvalue weighted by molar-refractivity contribution is 14.1. The van der Waals surface area contributed by atoms with Crippen LogP contribution in [0.15, 0.2) is 65.6 Å². The van der Waals surface area contributed by atoms with Gasteiger partial charge in [-0.15, -0.1) is 0 Å². The van der Waals surface area contributed by atoms with E-state index in [4.69, 9.17) is 9.47 Å². The predicted octanol–water partition coefficient (Wildman–Crippen LogP) is 6.95. The lowest BCUT2D eigenvalue weighted by Gasteiger charge is -2.15. The van der Waals surface area contributed by atoms with Crippen LogP contribution in [0.2, 0.25) is 0 Å². The van der Waals surface area contributed by atoms with Gasteiger partial charge in [0.15, 0.2) is 11.5 Å². The second-order valence-corrected chi connectivity index (χ2v) is 10.1. The zero-order valence-electron chi connectivity index (χ0n) is 19.2. The van der Waals surface area contributed by atoms with Crippen molar-refractivity contribution in [1.29, 1.82) is 0 Å². The van der Waals surface area contributed by atoms with Crippen molar-refractivity contribution in [2.75, 3.05) is 6.61 Å². The molecule has 5 nitrogen and oxygen atoms in total. The maximum Gasteiger partial charge on any atom is 0.293 e. The lowest BCUT2D eigenvalue weighted by molar-refractivity contribution is -0.123. The van der Waals surface area contributed by atoms with E-state index in [2.05, 4.69) is 22.6 Å². The van der Waals surface area contributed by atoms with Gasteiger partial charge in [0.25, 0.3) is 11.1 Å². The van der Waals surface area contributed by atoms with Gasteiger partial charge in [-0.3, -0.25) is 14.5 Å². The molecule has 0 saturated carbocycles. The zero-order chi connectivity index (χ0) is 24.9. The van der Waals surface area contributed by atoms with Crippen LogP contribution in [0, 0.1) is 16.3 Å². The van der Waals surface area contributed by atoms with Crippen molar-refractivity contribution in [3.63, 3.8) is 0 Å². The fraction of sp³-hybridized carbons (Fsp3) is 0.185. The number of halogens is 2. The number of hydrogen-bond donors (Lipinski definition) is 0. The fourth-order valence-corrected chi connectivity index (χ4v) is 5.09.